The highest BCUT2D eigenvalue weighted by Crippen LogP contribution is 2.33. The molecule has 1 amide bonds. The molecule has 1 N–H and O–H groups in total. The van der Waals surface area contributed by atoms with Crippen molar-refractivity contribution in [2.24, 2.45) is 0 Å². The Morgan fingerprint density at radius 3 is 2.39 bits per heavy atom. The third-order valence-electron chi connectivity index (χ3n) is 5.62. The molecule has 0 aliphatic heterocycles. The van der Waals surface area contributed by atoms with Gasteiger partial charge in [0.2, 0.25) is 11.8 Å². The third-order valence-corrected chi connectivity index (χ3v) is 5.62. The summed E-state index contributed by atoms with van der Waals surface area (Å²) in [7, 11) is 0. The van der Waals surface area contributed by atoms with Crippen molar-refractivity contribution in [2.75, 3.05) is 5.32 Å². The van der Waals surface area contributed by atoms with Gasteiger partial charge in [-0.05, 0) is 75.6 Å². The van der Waals surface area contributed by atoms with E-state index in [9.17, 15) is 4.79 Å². The van der Waals surface area contributed by atoms with E-state index < -0.39 is 0 Å². The number of hydrogen-bond acceptors (Lipinski definition) is 3. The van der Waals surface area contributed by atoms with Gasteiger partial charge in [0.15, 0.2) is 0 Å². The molecule has 168 valence electrons. The second kappa shape index (κ2) is 9.74. The molecule has 0 unspecified atom stereocenters. The number of benzene rings is 3. The number of amides is 1. The largest absolute Gasteiger partial charge is 0.438 e. The van der Waals surface area contributed by atoms with Gasteiger partial charge in [-0.15, -0.1) is 0 Å². The number of rotatable bonds is 7. The highest BCUT2D eigenvalue weighted by Gasteiger charge is 2.20. The van der Waals surface area contributed by atoms with E-state index in [1.54, 1.807) is 0 Å². The predicted octanol–water partition coefficient (Wildman–Crippen LogP) is 6.47. The van der Waals surface area contributed by atoms with Gasteiger partial charge in [-0.25, -0.2) is 4.68 Å². The number of ether oxygens (including phenoxy) is 1. The zero-order valence-electron chi connectivity index (χ0n) is 19.6. The molecular formula is C28H29N3O2. The van der Waals surface area contributed by atoms with Gasteiger partial charge in [-0.1, -0.05) is 48.0 Å². The molecule has 0 aliphatic carbocycles. The van der Waals surface area contributed by atoms with Crippen LogP contribution >= 0.6 is 0 Å². The van der Waals surface area contributed by atoms with Crippen LogP contribution in [0.3, 0.4) is 0 Å². The van der Waals surface area contributed by atoms with Crippen molar-refractivity contribution in [1.82, 2.24) is 9.78 Å². The highest BCUT2D eigenvalue weighted by atomic mass is 16.5. The summed E-state index contributed by atoms with van der Waals surface area (Å²) in [4.78, 5) is 12.6. The van der Waals surface area contributed by atoms with Crippen LogP contribution in [0.15, 0.2) is 72.8 Å². The van der Waals surface area contributed by atoms with Gasteiger partial charge in [0.25, 0.3) is 0 Å². The van der Waals surface area contributed by atoms with Gasteiger partial charge in [-0.2, -0.15) is 5.10 Å². The van der Waals surface area contributed by atoms with Gasteiger partial charge in [0.05, 0.1) is 11.4 Å². The van der Waals surface area contributed by atoms with E-state index in [0.29, 0.717) is 18.7 Å². The Labute approximate surface area is 195 Å². The molecule has 3 aromatic carbocycles. The normalized spacial score (nSPS) is 10.8. The fraction of sp³-hybridized carbons (Fsp3) is 0.214. The van der Waals surface area contributed by atoms with Crippen molar-refractivity contribution in [3.8, 4) is 17.3 Å². The maximum atomic E-state index is 12.6. The summed E-state index contributed by atoms with van der Waals surface area (Å²) in [6, 6.07) is 23.9. The molecule has 0 fully saturated rings. The molecule has 0 bridgehead atoms. The van der Waals surface area contributed by atoms with Crippen molar-refractivity contribution in [3.63, 3.8) is 0 Å². The second-order valence-electron chi connectivity index (χ2n) is 8.40. The topological polar surface area (TPSA) is 56.2 Å². The van der Waals surface area contributed by atoms with Gasteiger partial charge in [0.1, 0.15) is 5.75 Å². The van der Waals surface area contributed by atoms with Crippen LogP contribution in [0, 0.1) is 27.7 Å². The maximum Gasteiger partial charge on any atom is 0.226 e. The first-order valence-corrected chi connectivity index (χ1v) is 11.2. The second-order valence-corrected chi connectivity index (χ2v) is 8.40. The van der Waals surface area contributed by atoms with Crippen LogP contribution in [-0.2, 0) is 11.2 Å². The summed E-state index contributed by atoms with van der Waals surface area (Å²) >= 11 is 0. The van der Waals surface area contributed by atoms with E-state index in [1.807, 2.05) is 86.1 Å². The Bertz CT molecular complexity index is 1270. The van der Waals surface area contributed by atoms with E-state index in [4.69, 9.17) is 9.84 Å². The summed E-state index contributed by atoms with van der Waals surface area (Å²) < 4.78 is 8.25. The Balaban J connectivity index is 1.63. The quantitative estimate of drug-likeness (QED) is 0.359. The average molecular weight is 440 g/mol. The van der Waals surface area contributed by atoms with Crippen LogP contribution in [0.25, 0.3) is 5.69 Å². The molecule has 33 heavy (non-hydrogen) atoms. The number of carbonyl (C=O) groups is 1. The lowest BCUT2D eigenvalue weighted by Crippen LogP contribution is -2.12. The number of nitrogens with one attached hydrogen (secondary N) is 1. The number of hydrogen-bond donors (Lipinski definition) is 1. The molecule has 0 aliphatic rings. The number of carbonyl (C=O) groups excluding carboxylic acids is 1. The minimum absolute atomic E-state index is 0.0385. The fourth-order valence-corrected chi connectivity index (χ4v) is 3.74. The van der Waals surface area contributed by atoms with Crippen LogP contribution in [-0.4, -0.2) is 15.7 Å². The van der Waals surface area contributed by atoms with Crippen molar-refractivity contribution in [3.05, 3.63) is 101 Å². The zero-order chi connectivity index (χ0) is 23.4. The van der Waals surface area contributed by atoms with Crippen LogP contribution in [0.4, 0.5) is 5.69 Å². The van der Waals surface area contributed by atoms with Gasteiger partial charge in [-0.3, -0.25) is 4.79 Å². The Morgan fingerprint density at radius 2 is 1.67 bits per heavy atom. The molecule has 1 heterocycles. The molecule has 0 atom stereocenters. The first-order valence-electron chi connectivity index (χ1n) is 11.2. The van der Waals surface area contributed by atoms with Gasteiger partial charge in [0, 0.05) is 17.7 Å². The summed E-state index contributed by atoms with van der Waals surface area (Å²) in [5.74, 6) is 1.38. The predicted molar refractivity (Wildman–Crippen MR) is 132 cm³/mol. The summed E-state index contributed by atoms with van der Waals surface area (Å²) in [5.41, 5.74) is 6.84. The van der Waals surface area contributed by atoms with E-state index in [2.05, 4.69) is 24.4 Å². The van der Waals surface area contributed by atoms with Crippen LogP contribution in [0.5, 0.6) is 11.6 Å². The lowest BCUT2D eigenvalue weighted by molar-refractivity contribution is -0.116. The number of aryl methyl sites for hydroxylation is 4. The van der Waals surface area contributed by atoms with Crippen molar-refractivity contribution >= 4 is 11.6 Å². The number of aromatic nitrogens is 2. The lowest BCUT2D eigenvalue weighted by Gasteiger charge is -2.13. The molecule has 0 radical (unpaired) electrons. The van der Waals surface area contributed by atoms with Crippen LogP contribution in [0.1, 0.15) is 34.4 Å². The molecule has 0 spiro atoms. The summed E-state index contributed by atoms with van der Waals surface area (Å²) in [6.45, 7) is 8.06. The molecule has 4 rings (SSSR count). The molecule has 0 saturated heterocycles. The molecule has 5 nitrogen and oxygen atoms in total. The highest BCUT2D eigenvalue weighted by molar-refractivity contribution is 5.90. The summed E-state index contributed by atoms with van der Waals surface area (Å²) in [6.07, 6.45) is 0.856. The fourth-order valence-electron chi connectivity index (χ4n) is 3.74. The molecule has 5 heteroatoms. The molecule has 0 saturated carbocycles. The minimum atomic E-state index is -0.0385. The molecule has 4 aromatic rings. The van der Waals surface area contributed by atoms with Crippen molar-refractivity contribution in [1.29, 1.82) is 0 Å². The number of para-hydroxylation sites is 1. The maximum absolute atomic E-state index is 12.6. The Kier molecular flexibility index (Phi) is 6.59. The average Bonchev–Trinajstić information content (AvgIpc) is 3.10. The first-order chi connectivity index (χ1) is 15.9. The number of anilines is 1. The van der Waals surface area contributed by atoms with Crippen molar-refractivity contribution < 1.29 is 9.53 Å². The van der Waals surface area contributed by atoms with E-state index in [0.717, 1.165) is 45.1 Å². The molecule has 1 aromatic heterocycles. The summed E-state index contributed by atoms with van der Waals surface area (Å²) in [5, 5.41) is 7.76. The SMILES string of the molecule is Cc1ccc(NC(=O)CCc2c(C)nn(-c3cccc(C)c3)c2Oc2ccccc2C)cc1. The molecular weight excluding hydrogens is 410 g/mol. The van der Waals surface area contributed by atoms with Gasteiger partial charge < -0.3 is 10.1 Å². The van der Waals surface area contributed by atoms with Crippen molar-refractivity contribution in [2.45, 2.75) is 40.5 Å². The Hall–Kier alpha value is -3.86. The lowest BCUT2D eigenvalue weighted by atomic mass is 10.1. The minimum Gasteiger partial charge on any atom is -0.438 e. The smallest absolute Gasteiger partial charge is 0.226 e. The zero-order valence-corrected chi connectivity index (χ0v) is 19.6. The Morgan fingerprint density at radius 1 is 0.909 bits per heavy atom. The van der Waals surface area contributed by atoms with E-state index >= 15 is 0 Å². The standard InChI is InChI=1S/C28H29N3O2/c1-19-12-14-23(15-13-19)29-27(32)17-16-25-22(4)30-31(24-10-7-8-20(2)18-24)28(25)33-26-11-6-5-9-21(26)3/h5-15,18H,16-17H2,1-4H3,(H,29,32). The van der Waals surface area contributed by atoms with Crippen LogP contribution < -0.4 is 10.1 Å². The monoisotopic (exact) mass is 439 g/mol. The van der Waals surface area contributed by atoms with E-state index in [-0.39, 0.29) is 5.91 Å². The first kappa shape index (κ1) is 22.3. The van der Waals surface area contributed by atoms with Gasteiger partial charge >= 0.3 is 0 Å². The van der Waals surface area contributed by atoms with Crippen LogP contribution in [0.2, 0.25) is 0 Å². The third kappa shape index (κ3) is 5.32. The van der Waals surface area contributed by atoms with E-state index in [1.165, 1.54) is 0 Å². The number of nitrogens with zero attached hydrogens (tertiary/aromatic N) is 2.